The summed E-state index contributed by atoms with van der Waals surface area (Å²) in [6, 6.07) is 11.1. The highest BCUT2D eigenvalue weighted by Crippen LogP contribution is 2.41. The van der Waals surface area contributed by atoms with Crippen molar-refractivity contribution in [3.8, 4) is 0 Å². The molecular formula is C15H18N2O. The van der Waals surface area contributed by atoms with Crippen LogP contribution in [0.4, 0.5) is 0 Å². The van der Waals surface area contributed by atoms with E-state index < -0.39 is 0 Å². The molecule has 0 aliphatic heterocycles. The van der Waals surface area contributed by atoms with E-state index in [1.165, 1.54) is 18.4 Å². The van der Waals surface area contributed by atoms with E-state index in [2.05, 4.69) is 40.6 Å². The summed E-state index contributed by atoms with van der Waals surface area (Å²) in [4.78, 5) is 4.23. The van der Waals surface area contributed by atoms with Gasteiger partial charge in [0.05, 0.1) is 12.7 Å². The molecule has 0 radical (unpaired) electrons. The lowest BCUT2D eigenvalue weighted by molar-refractivity contribution is 0.407. The van der Waals surface area contributed by atoms with E-state index in [-0.39, 0.29) is 0 Å². The Hall–Kier alpha value is -1.61. The molecule has 1 fully saturated rings. The predicted molar refractivity (Wildman–Crippen MR) is 70.0 cm³/mol. The monoisotopic (exact) mass is 242 g/mol. The molecular weight excluding hydrogens is 224 g/mol. The minimum Gasteiger partial charge on any atom is -0.445 e. The van der Waals surface area contributed by atoms with Crippen molar-refractivity contribution in [2.24, 2.45) is 5.92 Å². The van der Waals surface area contributed by atoms with Gasteiger partial charge in [-0.3, -0.25) is 0 Å². The molecule has 94 valence electrons. The van der Waals surface area contributed by atoms with Gasteiger partial charge in [-0.1, -0.05) is 30.3 Å². The highest BCUT2D eigenvalue weighted by atomic mass is 16.4. The van der Waals surface area contributed by atoms with Crippen molar-refractivity contribution in [1.29, 1.82) is 0 Å². The Morgan fingerprint density at radius 2 is 2.11 bits per heavy atom. The number of rotatable bonds is 5. The smallest absolute Gasteiger partial charge is 0.208 e. The average molecular weight is 242 g/mol. The van der Waals surface area contributed by atoms with Crippen LogP contribution < -0.4 is 5.32 Å². The largest absolute Gasteiger partial charge is 0.445 e. The number of nitrogens with zero attached hydrogens (tertiary/aromatic N) is 1. The van der Waals surface area contributed by atoms with Gasteiger partial charge < -0.3 is 9.73 Å². The topological polar surface area (TPSA) is 38.1 Å². The molecule has 1 aliphatic carbocycles. The van der Waals surface area contributed by atoms with Crippen LogP contribution in [0.15, 0.2) is 40.9 Å². The second-order valence-electron chi connectivity index (χ2n) is 4.97. The van der Waals surface area contributed by atoms with E-state index >= 15 is 0 Å². The summed E-state index contributed by atoms with van der Waals surface area (Å²) in [6.07, 6.45) is 4.40. The van der Waals surface area contributed by atoms with Gasteiger partial charge in [-0.05, 0) is 31.2 Å². The van der Waals surface area contributed by atoms with Crippen molar-refractivity contribution in [3.05, 3.63) is 53.7 Å². The molecule has 1 aromatic carbocycles. The van der Waals surface area contributed by atoms with E-state index in [0.717, 1.165) is 17.6 Å². The SMILES string of the molecule is Cc1cnc(CNC(c2ccccc2)C2CC2)o1. The van der Waals surface area contributed by atoms with Gasteiger partial charge in [-0.25, -0.2) is 4.98 Å². The van der Waals surface area contributed by atoms with E-state index in [1.807, 2.05) is 6.92 Å². The lowest BCUT2D eigenvalue weighted by Gasteiger charge is -2.17. The Bertz CT molecular complexity index is 502. The molecule has 0 bridgehead atoms. The Morgan fingerprint density at radius 1 is 1.33 bits per heavy atom. The molecule has 0 amide bonds. The lowest BCUT2D eigenvalue weighted by Crippen LogP contribution is -2.22. The Morgan fingerprint density at radius 3 is 2.72 bits per heavy atom. The average Bonchev–Trinajstić information content (AvgIpc) is 3.14. The normalized spacial score (nSPS) is 16.7. The van der Waals surface area contributed by atoms with Crippen molar-refractivity contribution in [2.75, 3.05) is 0 Å². The van der Waals surface area contributed by atoms with Crippen LogP contribution in [0.3, 0.4) is 0 Å². The summed E-state index contributed by atoms with van der Waals surface area (Å²) in [7, 11) is 0. The van der Waals surface area contributed by atoms with Gasteiger partial charge >= 0.3 is 0 Å². The number of hydrogen-bond donors (Lipinski definition) is 1. The fourth-order valence-corrected chi connectivity index (χ4v) is 2.33. The zero-order chi connectivity index (χ0) is 12.4. The molecule has 1 atom stereocenters. The third-order valence-electron chi connectivity index (χ3n) is 3.39. The van der Waals surface area contributed by atoms with Crippen LogP contribution in [0, 0.1) is 12.8 Å². The molecule has 1 aliphatic rings. The molecule has 3 heteroatoms. The van der Waals surface area contributed by atoms with Crippen molar-refractivity contribution in [1.82, 2.24) is 10.3 Å². The molecule has 1 N–H and O–H groups in total. The molecule has 1 unspecified atom stereocenters. The third kappa shape index (κ3) is 2.62. The van der Waals surface area contributed by atoms with Crippen LogP contribution in [0.25, 0.3) is 0 Å². The van der Waals surface area contributed by atoms with Crippen LogP contribution in [0.2, 0.25) is 0 Å². The quantitative estimate of drug-likeness (QED) is 0.874. The van der Waals surface area contributed by atoms with Crippen LogP contribution >= 0.6 is 0 Å². The van der Waals surface area contributed by atoms with Gasteiger partial charge in [-0.2, -0.15) is 0 Å². The molecule has 0 saturated heterocycles. The minimum atomic E-state index is 0.429. The third-order valence-corrected chi connectivity index (χ3v) is 3.39. The van der Waals surface area contributed by atoms with Crippen molar-refractivity contribution in [3.63, 3.8) is 0 Å². The molecule has 1 saturated carbocycles. The Kier molecular flexibility index (Phi) is 3.15. The van der Waals surface area contributed by atoms with Gasteiger partial charge in [0, 0.05) is 6.04 Å². The first-order valence-electron chi connectivity index (χ1n) is 6.52. The number of nitrogens with one attached hydrogen (secondary N) is 1. The first-order valence-corrected chi connectivity index (χ1v) is 6.52. The number of aromatic nitrogens is 1. The number of benzene rings is 1. The number of aryl methyl sites for hydroxylation is 1. The fraction of sp³-hybridized carbons (Fsp3) is 0.400. The van der Waals surface area contributed by atoms with Crippen molar-refractivity contribution in [2.45, 2.75) is 32.4 Å². The van der Waals surface area contributed by atoms with E-state index in [4.69, 9.17) is 4.42 Å². The van der Waals surface area contributed by atoms with Crippen molar-refractivity contribution >= 4 is 0 Å². The van der Waals surface area contributed by atoms with Crippen LogP contribution in [0.1, 0.15) is 36.1 Å². The molecule has 0 spiro atoms. The zero-order valence-electron chi connectivity index (χ0n) is 10.6. The summed E-state index contributed by atoms with van der Waals surface area (Å²) in [5, 5.41) is 3.57. The summed E-state index contributed by atoms with van der Waals surface area (Å²) in [6.45, 7) is 2.62. The number of hydrogen-bond acceptors (Lipinski definition) is 3. The van der Waals surface area contributed by atoms with Crippen LogP contribution in [-0.4, -0.2) is 4.98 Å². The molecule has 1 aromatic heterocycles. The maximum absolute atomic E-state index is 5.50. The second kappa shape index (κ2) is 4.94. The first-order chi connectivity index (χ1) is 8.83. The van der Waals surface area contributed by atoms with Gasteiger partial charge in [-0.15, -0.1) is 0 Å². The van der Waals surface area contributed by atoms with Gasteiger partial charge in [0.15, 0.2) is 0 Å². The highest BCUT2D eigenvalue weighted by Gasteiger charge is 2.32. The van der Waals surface area contributed by atoms with Crippen LogP contribution in [-0.2, 0) is 6.54 Å². The maximum atomic E-state index is 5.50. The molecule has 3 nitrogen and oxygen atoms in total. The Balaban J connectivity index is 1.68. The lowest BCUT2D eigenvalue weighted by atomic mass is 10.0. The fourth-order valence-electron chi connectivity index (χ4n) is 2.33. The first kappa shape index (κ1) is 11.5. The predicted octanol–water partition coefficient (Wildman–Crippen LogP) is 3.22. The summed E-state index contributed by atoms with van der Waals surface area (Å²) in [5.41, 5.74) is 1.36. The minimum absolute atomic E-state index is 0.429. The van der Waals surface area contributed by atoms with Crippen LogP contribution in [0.5, 0.6) is 0 Å². The molecule has 18 heavy (non-hydrogen) atoms. The maximum Gasteiger partial charge on any atom is 0.208 e. The van der Waals surface area contributed by atoms with E-state index in [9.17, 15) is 0 Å². The molecule has 3 rings (SSSR count). The molecule has 2 aromatic rings. The highest BCUT2D eigenvalue weighted by molar-refractivity contribution is 5.21. The second-order valence-corrected chi connectivity index (χ2v) is 4.97. The summed E-state index contributed by atoms with van der Waals surface area (Å²) in [5.74, 6) is 2.41. The van der Waals surface area contributed by atoms with Crippen molar-refractivity contribution < 1.29 is 4.42 Å². The van der Waals surface area contributed by atoms with Gasteiger partial charge in [0.1, 0.15) is 5.76 Å². The Labute approximate surface area is 107 Å². The molecule has 1 heterocycles. The summed E-state index contributed by atoms with van der Waals surface area (Å²) < 4.78 is 5.50. The van der Waals surface area contributed by atoms with Gasteiger partial charge in [0.25, 0.3) is 0 Å². The van der Waals surface area contributed by atoms with E-state index in [0.29, 0.717) is 12.6 Å². The standard InChI is InChI=1S/C15H18N2O/c1-11-9-16-14(18-11)10-17-15(13-7-8-13)12-5-3-2-4-6-12/h2-6,9,13,15,17H,7-8,10H2,1H3. The van der Waals surface area contributed by atoms with E-state index in [1.54, 1.807) is 6.20 Å². The zero-order valence-corrected chi connectivity index (χ0v) is 10.6. The van der Waals surface area contributed by atoms with Gasteiger partial charge in [0.2, 0.25) is 5.89 Å². The number of oxazole rings is 1. The summed E-state index contributed by atoms with van der Waals surface area (Å²) >= 11 is 0.